The molecule has 0 bridgehead atoms. The van der Waals surface area contributed by atoms with E-state index in [1.165, 1.54) is 12.0 Å². The van der Waals surface area contributed by atoms with E-state index < -0.39 is 0 Å². The van der Waals surface area contributed by atoms with Crippen LogP contribution in [0.25, 0.3) is 22.4 Å². The summed E-state index contributed by atoms with van der Waals surface area (Å²) in [7, 11) is 1.67. The van der Waals surface area contributed by atoms with Crippen molar-refractivity contribution < 1.29 is 9.15 Å². The summed E-state index contributed by atoms with van der Waals surface area (Å²) in [6.45, 7) is 0.763. The van der Waals surface area contributed by atoms with E-state index in [1.807, 2.05) is 24.3 Å². The molecule has 0 spiro atoms. The van der Waals surface area contributed by atoms with Crippen molar-refractivity contribution >= 4 is 10.9 Å². The molecule has 114 valence electrons. The molecule has 0 fully saturated rings. The lowest BCUT2D eigenvalue weighted by atomic mass is 10.2. The fraction of sp³-hybridized carbons (Fsp3) is 0.111. The van der Waals surface area contributed by atoms with Crippen LogP contribution >= 0.6 is 0 Å². The Morgan fingerprint density at radius 1 is 1.09 bits per heavy atom. The highest BCUT2D eigenvalue weighted by Gasteiger charge is 2.13. The molecule has 0 atom stereocenters. The molecule has 2 aromatic heterocycles. The molecule has 0 saturated heterocycles. The largest absolute Gasteiger partial charge is 0.497 e. The average molecular weight is 305 g/mol. The van der Waals surface area contributed by atoms with Gasteiger partial charge in [-0.05, 0) is 23.8 Å². The number of hydrogen-bond acceptors (Lipinski definition) is 4. The van der Waals surface area contributed by atoms with Gasteiger partial charge < -0.3 is 13.7 Å². The topological polar surface area (TPSA) is 53.1 Å². The molecule has 0 aliphatic carbocycles. The number of methoxy groups -OCH3 is 1. The number of para-hydroxylation sites is 1. The molecule has 0 saturated carbocycles. The van der Waals surface area contributed by atoms with Crippen molar-refractivity contribution in [1.82, 2.24) is 14.8 Å². The number of nitrogens with zero attached hydrogens (tertiary/aromatic N) is 3. The van der Waals surface area contributed by atoms with Gasteiger partial charge in [-0.3, -0.25) is 0 Å². The Morgan fingerprint density at radius 2 is 1.91 bits per heavy atom. The highest BCUT2D eigenvalue weighted by molar-refractivity contribution is 5.94. The first kappa shape index (κ1) is 13.6. The minimum Gasteiger partial charge on any atom is -0.497 e. The smallest absolute Gasteiger partial charge is 0.249 e. The van der Waals surface area contributed by atoms with Crippen LogP contribution < -0.4 is 4.74 Å². The van der Waals surface area contributed by atoms with Crippen molar-refractivity contribution in [3.63, 3.8) is 0 Å². The molecule has 4 aromatic rings. The Hall–Kier alpha value is -3.08. The second-order valence-corrected chi connectivity index (χ2v) is 5.28. The van der Waals surface area contributed by atoms with Gasteiger partial charge in [-0.1, -0.05) is 30.3 Å². The highest BCUT2D eigenvalue weighted by atomic mass is 16.5. The van der Waals surface area contributed by atoms with Crippen LogP contribution in [0.4, 0.5) is 0 Å². The molecule has 23 heavy (non-hydrogen) atoms. The van der Waals surface area contributed by atoms with Crippen LogP contribution in [0.5, 0.6) is 5.75 Å². The number of hydrogen-bond donors (Lipinski definition) is 0. The molecule has 2 heterocycles. The lowest BCUT2D eigenvalue weighted by Gasteiger charge is -2.06. The Labute approximate surface area is 133 Å². The third-order valence-corrected chi connectivity index (χ3v) is 3.89. The average Bonchev–Trinajstić information content (AvgIpc) is 3.24. The van der Waals surface area contributed by atoms with Crippen LogP contribution in [0.3, 0.4) is 0 Å². The highest BCUT2D eigenvalue weighted by Crippen LogP contribution is 2.29. The van der Waals surface area contributed by atoms with Gasteiger partial charge in [0.25, 0.3) is 0 Å². The first-order valence-electron chi connectivity index (χ1n) is 7.32. The van der Waals surface area contributed by atoms with Gasteiger partial charge in [0.2, 0.25) is 12.3 Å². The monoisotopic (exact) mass is 305 g/mol. The van der Waals surface area contributed by atoms with Gasteiger partial charge in [-0.25, -0.2) is 0 Å². The van der Waals surface area contributed by atoms with E-state index in [0.717, 1.165) is 28.8 Å². The van der Waals surface area contributed by atoms with Crippen molar-refractivity contribution in [2.24, 2.45) is 0 Å². The molecule has 5 heteroatoms. The van der Waals surface area contributed by atoms with Crippen LogP contribution in [-0.2, 0) is 6.54 Å². The Balaban J connectivity index is 1.77. The second-order valence-electron chi connectivity index (χ2n) is 5.28. The van der Waals surface area contributed by atoms with E-state index in [2.05, 4.69) is 45.2 Å². The number of fused-ring (bicyclic) bond motifs is 1. The molecular formula is C18H15N3O2. The van der Waals surface area contributed by atoms with Crippen molar-refractivity contribution in [3.8, 4) is 17.2 Å². The number of aromatic nitrogens is 3. The fourth-order valence-electron chi connectivity index (χ4n) is 2.77. The molecule has 2 aromatic carbocycles. The van der Waals surface area contributed by atoms with E-state index in [0.29, 0.717) is 5.89 Å². The Morgan fingerprint density at radius 3 is 2.65 bits per heavy atom. The first-order chi connectivity index (χ1) is 11.3. The predicted octanol–water partition coefficient (Wildman–Crippen LogP) is 3.75. The number of benzene rings is 2. The van der Waals surface area contributed by atoms with Crippen molar-refractivity contribution in [2.75, 3.05) is 7.11 Å². The van der Waals surface area contributed by atoms with Crippen LogP contribution in [0.15, 0.2) is 65.5 Å². The quantitative estimate of drug-likeness (QED) is 0.576. The summed E-state index contributed by atoms with van der Waals surface area (Å²) >= 11 is 0. The van der Waals surface area contributed by atoms with Crippen LogP contribution in [-0.4, -0.2) is 21.9 Å². The zero-order valence-electron chi connectivity index (χ0n) is 12.6. The fourth-order valence-corrected chi connectivity index (χ4v) is 2.77. The maximum absolute atomic E-state index is 5.37. The number of rotatable bonds is 4. The normalized spacial score (nSPS) is 11.0. The standard InChI is InChI=1S/C18H15N3O2/c1-22-14-8-6-13(7-9-14)10-21-11-16(18-20-19-12-23-18)15-4-2-3-5-17(15)21/h2-9,11-12H,10H2,1H3. The summed E-state index contributed by atoms with van der Waals surface area (Å²) in [5, 5.41) is 8.91. The summed E-state index contributed by atoms with van der Waals surface area (Å²) < 4.78 is 12.8. The van der Waals surface area contributed by atoms with Crippen LogP contribution in [0.2, 0.25) is 0 Å². The SMILES string of the molecule is COc1ccc(Cn2cc(-c3nnco3)c3ccccc32)cc1. The molecule has 4 rings (SSSR count). The molecule has 0 aliphatic rings. The maximum Gasteiger partial charge on any atom is 0.249 e. The van der Waals surface area contributed by atoms with E-state index >= 15 is 0 Å². The van der Waals surface area contributed by atoms with E-state index in [4.69, 9.17) is 9.15 Å². The zero-order valence-corrected chi connectivity index (χ0v) is 12.6. The minimum atomic E-state index is 0.537. The molecule has 0 N–H and O–H groups in total. The van der Waals surface area contributed by atoms with Crippen molar-refractivity contribution in [1.29, 1.82) is 0 Å². The molecule has 0 unspecified atom stereocenters. The molecule has 0 aliphatic heterocycles. The molecular weight excluding hydrogens is 290 g/mol. The van der Waals surface area contributed by atoms with Gasteiger partial charge in [0.05, 0.1) is 12.7 Å². The van der Waals surface area contributed by atoms with Gasteiger partial charge in [0.15, 0.2) is 0 Å². The van der Waals surface area contributed by atoms with Gasteiger partial charge in [0.1, 0.15) is 5.75 Å². The zero-order chi connectivity index (χ0) is 15.6. The molecule has 5 nitrogen and oxygen atoms in total. The Bertz CT molecular complexity index is 925. The lowest BCUT2D eigenvalue weighted by Crippen LogP contribution is -1.97. The Kier molecular flexibility index (Phi) is 3.31. The third kappa shape index (κ3) is 2.46. The van der Waals surface area contributed by atoms with Crippen molar-refractivity contribution in [2.45, 2.75) is 6.54 Å². The van der Waals surface area contributed by atoms with Crippen LogP contribution in [0, 0.1) is 0 Å². The summed E-state index contributed by atoms with van der Waals surface area (Å²) in [6, 6.07) is 16.3. The lowest BCUT2D eigenvalue weighted by molar-refractivity contribution is 0.414. The maximum atomic E-state index is 5.37. The summed E-state index contributed by atoms with van der Waals surface area (Å²) in [6.07, 6.45) is 3.41. The summed E-state index contributed by atoms with van der Waals surface area (Å²) in [5.74, 6) is 1.40. The summed E-state index contributed by atoms with van der Waals surface area (Å²) in [4.78, 5) is 0. The minimum absolute atomic E-state index is 0.537. The van der Waals surface area contributed by atoms with Gasteiger partial charge in [0, 0.05) is 23.6 Å². The van der Waals surface area contributed by atoms with E-state index in [9.17, 15) is 0 Å². The summed E-state index contributed by atoms with van der Waals surface area (Å²) in [5.41, 5.74) is 3.28. The van der Waals surface area contributed by atoms with Crippen LogP contribution in [0.1, 0.15) is 5.56 Å². The first-order valence-corrected chi connectivity index (χ1v) is 7.32. The van der Waals surface area contributed by atoms with E-state index in [-0.39, 0.29) is 0 Å². The molecule has 0 radical (unpaired) electrons. The third-order valence-electron chi connectivity index (χ3n) is 3.89. The van der Waals surface area contributed by atoms with Gasteiger partial charge in [-0.2, -0.15) is 0 Å². The second kappa shape index (κ2) is 5.61. The predicted molar refractivity (Wildman–Crippen MR) is 87.3 cm³/mol. The van der Waals surface area contributed by atoms with Gasteiger partial charge >= 0.3 is 0 Å². The van der Waals surface area contributed by atoms with E-state index in [1.54, 1.807) is 7.11 Å². The molecule has 0 amide bonds. The van der Waals surface area contributed by atoms with Crippen molar-refractivity contribution in [3.05, 3.63) is 66.7 Å². The number of ether oxygens (including phenoxy) is 1. The van der Waals surface area contributed by atoms with Gasteiger partial charge in [-0.15, -0.1) is 10.2 Å².